The number of benzene rings is 2. The molecule has 130 valence electrons. The molecule has 0 spiro atoms. The molecule has 4 rings (SSSR count). The zero-order valence-corrected chi connectivity index (χ0v) is 14.5. The zero-order valence-electron chi connectivity index (χ0n) is 14.5. The van der Waals surface area contributed by atoms with E-state index in [4.69, 9.17) is 4.42 Å². The number of aromatic nitrogens is 2. The number of amides is 1. The number of nitrogens with zero attached hydrogens (tertiary/aromatic N) is 3. The van der Waals surface area contributed by atoms with Crippen molar-refractivity contribution in [1.29, 1.82) is 0 Å². The smallest absolute Gasteiger partial charge is 0.247 e. The number of hydrogen-bond donors (Lipinski definition) is 0. The van der Waals surface area contributed by atoms with Gasteiger partial charge in [0.25, 0.3) is 0 Å². The first kappa shape index (κ1) is 16.1. The van der Waals surface area contributed by atoms with Crippen molar-refractivity contribution >= 4 is 22.6 Å². The van der Waals surface area contributed by atoms with Gasteiger partial charge in [-0.05, 0) is 43.3 Å². The second kappa shape index (κ2) is 6.88. The number of rotatable bonds is 5. The molecule has 2 aromatic heterocycles. The van der Waals surface area contributed by atoms with Gasteiger partial charge in [-0.15, -0.1) is 0 Å². The first-order chi connectivity index (χ1) is 12.7. The second-order valence-electron chi connectivity index (χ2n) is 6.13. The number of furan rings is 1. The average Bonchev–Trinajstić information content (AvgIpc) is 3.28. The van der Waals surface area contributed by atoms with Crippen LogP contribution in [0.2, 0.25) is 0 Å². The van der Waals surface area contributed by atoms with E-state index in [1.165, 1.54) is 0 Å². The molecule has 1 amide bonds. The molecular weight excluding hydrogens is 326 g/mol. The molecule has 5 heteroatoms. The number of anilines is 1. The minimum absolute atomic E-state index is 0.0150. The lowest BCUT2D eigenvalue weighted by Crippen LogP contribution is -2.33. The standard InChI is InChI=1S/C21H19N3O2/c1-16-22-19-11-5-6-12-20(19)23(16)15-21(25)24(14-18-10-7-13-26-18)17-8-3-2-4-9-17/h2-13H,14-15H2,1H3. The molecule has 4 aromatic rings. The summed E-state index contributed by atoms with van der Waals surface area (Å²) in [7, 11) is 0. The van der Waals surface area contributed by atoms with Crippen LogP contribution in [0.15, 0.2) is 77.4 Å². The van der Waals surface area contributed by atoms with Crippen LogP contribution in [0, 0.1) is 6.92 Å². The Labute approximate surface area is 151 Å². The lowest BCUT2D eigenvalue weighted by atomic mass is 10.2. The third kappa shape index (κ3) is 3.11. The largest absolute Gasteiger partial charge is 0.467 e. The topological polar surface area (TPSA) is 51.3 Å². The van der Waals surface area contributed by atoms with Gasteiger partial charge in [-0.25, -0.2) is 4.98 Å². The molecule has 5 nitrogen and oxygen atoms in total. The lowest BCUT2D eigenvalue weighted by Gasteiger charge is -2.22. The molecule has 2 heterocycles. The number of carbonyl (C=O) groups is 1. The Balaban J connectivity index is 1.67. The van der Waals surface area contributed by atoms with Crippen LogP contribution in [0.25, 0.3) is 11.0 Å². The van der Waals surface area contributed by atoms with E-state index in [0.29, 0.717) is 6.54 Å². The van der Waals surface area contributed by atoms with Gasteiger partial charge in [0.1, 0.15) is 18.1 Å². The quantitative estimate of drug-likeness (QED) is 0.545. The van der Waals surface area contributed by atoms with Crippen molar-refractivity contribution in [3.8, 4) is 0 Å². The molecule has 0 radical (unpaired) electrons. The van der Waals surface area contributed by atoms with Crippen molar-refractivity contribution in [1.82, 2.24) is 9.55 Å². The van der Waals surface area contributed by atoms with Crippen molar-refractivity contribution in [2.45, 2.75) is 20.0 Å². The summed E-state index contributed by atoms with van der Waals surface area (Å²) >= 11 is 0. The van der Waals surface area contributed by atoms with E-state index in [1.807, 2.05) is 78.2 Å². The summed E-state index contributed by atoms with van der Waals surface area (Å²) in [5.41, 5.74) is 2.70. The second-order valence-corrected chi connectivity index (χ2v) is 6.13. The van der Waals surface area contributed by atoms with Crippen LogP contribution in [0.3, 0.4) is 0 Å². The number of fused-ring (bicyclic) bond motifs is 1. The normalized spacial score (nSPS) is 11.0. The van der Waals surface area contributed by atoms with E-state index in [9.17, 15) is 4.79 Å². The summed E-state index contributed by atoms with van der Waals surface area (Å²) in [5.74, 6) is 1.55. The molecule has 0 N–H and O–H groups in total. The van der Waals surface area contributed by atoms with E-state index in [1.54, 1.807) is 11.2 Å². The molecule has 0 aliphatic heterocycles. The third-order valence-corrected chi connectivity index (χ3v) is 4.40. The highest BCUT2D eigenvalue weighted by Gasteiger charge is 2.19. The van der Waals surface area contributed by atoms with Crippen molar-refractivity contribution in [3.05, 3.63) is 84.6 Å². The molecule has 0 fully saturated rings. The number of imidazole rings is 1. The van der Waals surface area contributed by atoms with Crippen molar-refractivity contribution < 1.29 is 9.21 Å². The summed E-state index contributed by atoms with van der Waals surface area (Å²) in [4.78, 5) is 19.5. The first-order valence-corrected chi connectivity index (χ1v) is 8.52. The van der Waals surface area contributed by atoms with Gasteiger partial charge in [-0.2, -0.15) is 0 Å². The molecular formula is C21H19N3O2. The molecule has 0 atom stereocenters. The van der Waals surface area contributed by atoms with Crippen LogP contribution in [-0.4, -0.2) is 15.5 Å². The number of aryl methyl sites for hydroxylation is 1. The number of hydrogen-bond acceptors (Lipinski definition) is 3. The molecule has 0 aliphatic rings. The maximum Gasteiger partial charge on any atom is 0.247 e. The van der Waals surface area contributed by atoms with Gasteiger partial charge in [-0.1, -0.05) is 30.3 Å². The SMILES string of the molecule is Cc1nc2ccccc2n1CC(=O)N(Cc1ccco1)c1ccccc1. The van der Waals surface area contributed by atoms with Gasteiger partial charge in [0, 0.05) is 5.69 Å². The summed E-state index contributed by atoms with van der Waals surface area (Å²) in [6.07, 6.45) is 1.62. The van der Waals surface area contributed by atoms with Gasteiger partial charge >= 0.3 is 0 Å². The van der Waals surface area contributed by atoms with Gasteiger partial charge in [0.15, 0.2) is 0 Å². The fraction of sp³-hybridized carbons (Fsp3) is 0.143. The molecule has 26 heavy (non-hydrogen) atoms. The Morgan fingerprint density at radius 1 is 1.04 bits per heavy atom. The van der Waals surface area contributed by atoms with Crippen molar-refractivity contribution in [3.63, 3.8) is 0 Å². The fourth-order valence-corrected chi connectivity index (χ4v) is 3.11. The van der Waals surface area contributed by atoms with Gasteiger partial charge in [0.05, 0.1) is 23.8 Å². The maximum atomic E-state index is 13.2. The maximum absolute atomic E-state index is 13.2. The van der Waals surface area contributed by atoms with Crippen molar-refractivity contribution in [2.75, 3.05) is 4.90 Å². The van der Waals surface area contributed by atoms with Crippen LogP contribution in [0.1, 0.15) is 11.6 Å². The Kier molecular flexibility index (Phi) is 4.27. The Bertz CT molecular complexity index is 1020. The minimum Gasteiger partial charge on any atom is -0.467 e. The molecule has 0 saturated heterocycles. The number of carbonyl (C=O) groups excluding carboxylic acids is 1. The van der Waals surface area contributed by atoms with E-state index in [2.05, 4.69) is 4.98 Å². The molecule has 2 aromatic carbocycles. The van der Waals surface area contributed by atoms with Crippen molar-refractivity contribution in [2.24, 2.45) is 0 Å². The molecule has 0 aliphatic carbocycles. The summed E-state index contributed by atoms with van der Waals surface area (Å²) in [5, 5.41) is 0. The predicted molar refractivity (Wildman–Crippen MR) is 101 cm³/mol. The fourth-order valence-electron chi connectivity index (χ4n) is 3.11. The summed E-state index contributed by atoms with van der Waals surface area (Å²) in [6.45, 7) is 2.54. The molecule has 0 saturated carbocycles. The monoisotopic (exact) mass is 345 g/mol. The van der Waals surface area contributed by atoms with Crippen LogP contribution in [0.4, 0.5) is 5.69 Å². The Morgan fingerprint density at radius 3 is 2.58 bits per heavy atom. The molecule has 0 unspecified atom stereocenters. The minimum atomic E-state index is -0.0150. The Hall–Kier alpha value is -3.34. The van der Waals surface area contributed by atoms with Crippen LogP contribution < -0.4 is 4.90 Å². The van der Waals surface area contributed by atoms with Crippen LogP contribution >= 0.6 is 0 Å². The highest BCUT2D eigenvalue weighted by Crippen LogP contribution is 2.20. The highest BCUT2D eigenvalue weighted by atomic mass is 16.3. The summed E-state index contributed by atoms with van der Waals surface area (Å²) in [6, 6.07) is 21.2. The van der Waals surface area contributed by atoms with E-state index >= 15 is 0 Å². The lowest BCUT2D eigenvalue weighted by molar-refractivity contribution is -0.119. The Morgan fingerprint density at radius 2 is 1.81 bits per heavy atom. The zero-order chi connectivity index (χ0) is 17.9. The number of para-hydroxylation sites is 3. The van der Waals surface area contributed by atoms with Gasteiger partial charge in [0.2, 0.25) is 5.91 Å². The average molecular weight is 345 g/mol. The van der Waals surface area contributed by atoms with Crippen LogP contribution in [0.5, 0.6) is 0 Å². The van der Waals surface area contributed by atoms with E-state index in [0.717, 1.165) is 28.3 Å². The highest BCUT2D eigenvalue weighted by molar-refractivity contribution is 5.94. The third-order valence-electron chi connectivity index (χ3n) is 4.40. The van der Waals surface area contributed by atoms with E-state index in [-0.39, 0.29) is 12.5 Å². The predicted octanol–water partition coefficient (Wildman–Crippen LogP) is 4.17. The molecule has 0 bridgehead atoms. The van der Waals surface area contributed by atoms with Crippen LogP contribution in [-0.2, 0) is 17.9 Å². The van der Waals surface area contributed by atoms with Gasteiger partial charge in [-0.3, -0.25) is 4.79 Å². The first-order valence-electron chi connectivity index (χ1n) is 8.52. The van der Waals surface area contributed by atoms with E-state index < -0.39 is 0 Å². The van der Waals surface area contributed by atoms with Gasteiger partial charge < -0.3 is 13.9 Å². The summed E-state index contributed by atoms with van der Waals surface area (Å²) < 4.78 is 7.41.